The number of hydrogen-bond donors (Lipinski definition) is 1. The molecule has 0 unspecified atom stereocenters. The van der Waals surface area contributed by atoms with Crippen molar-refractivity contribution in [3.8, 4) is 0 Å². The van der Waals surface area contributed by atoms with Crippen molar-refractivity contribution in [3.63, 3.8) is 0 Å². The summed E-state index contributed by atoms with van der Waals surface area (Å²) in [6, 6.07) is 0.313. The van der Waals surface area contributed by atoms with E-state index in [0.29, 0.717) is 36.2 Å². The van der Waals surface area contributed by atoms with Gasteiger partial charge in [0.25, 0.3) is 0 Å². The third-order valence-electron chi connectivity index (χ3n) is 2.60. The summed E-state index contributed by atoms with van der Waals surface area (Å²) in [7, 11) is -3.83. The summed E-state index contributed by atoms with van der Waals surface area (Å²) < 4.78 is 61.5. The Bertz CT molecular complexity index is 356. The molecule has 0 rings (SSSR count). The topological polar surface area (TPSA) is 49.4 Å². The average Bonchev–Trinajstić information content (AvgIpc) is 2.25. The van der Waals surface area contributed by atoms with Gasteiger partial charge >= 0.3 is 6.18 Å². The van der Waals surface area contributed by atoms with Crippen molar-refractivity contribution < 1.29 is 21.6 Å². The molecule has 0 aliphatic carbocycles. The summed E-state index contributed by atoms with van der Waals surface area (Å²) in [4.78, 5) is 0. The number of nitrogens with zero attached hydrogens (tertiary/aromatic N) is 1. The van der Waals surface area contributed by atoms with Crippen LogP contribution in [0.3, 0.4) is 0 Å². The quantitative estimate of drug-likeness (QED) is 0.629. The molecule has 1 N–H and O–H groups in total. The molecule has 0 atom stereocenters. The van der Waals surface area contributed by atoms with E-state index in [9.17, 15) is 21.6 Å². The Morgan fingerprint density at radius 2 is 1.80 bits per heavy atom. The van der Waals surface area contributed by atoms with Gasteiger partial charge in [0.2, 0.25) is 10.0 Å². The standard InChI is InChI=1S/C12H25F3N2O2S/c1-4-8-17(10-12(13,14)15)20(18,19)9-6-5-7-16-11(2)3/h11,16H,4-10H2,1-3H3. The van der Waals surface area contributed by atoms with E-state index in [0.717, 1.165) is 0 Å². The molecule has 0 aromatic heterocycles. The summed E-state index contributed by atoms with van der Waals surface area (Å²) in [5.41, 5.74) is 0. The van der Waals surface area contributed by atoms with Crippen LogP contribution in [0.1, 0.15) is 40.0 Å². The predicted molar refractivity (Wildman–Crippen MR) is 74.1 cm³/mol. The number of rotatable bonds is 10. The number of unbranched alkanes of at least 4 members (excludes halogenated alkanes) is 1. The molecule has 122 valence electrons. The van der Waals surface area contributed by atoms with Gasteiger partial charge in [-0.05, 0) is 25.8 Å². The van der Waals surface area contributed by atoms with E-state index >= 15 is 0 Å². The maximum absolute atomic E-state index is 12.4. The molecule has 0 amide bonds. The third kappa shape index (κ3) is 9.55. The van der Waals surface area contributed by atoms with Gasteiger partial charge in [-0.15, -0.1) is 0 Å². The van der Waals surface area contributed by atoms with Crippen molar-refractivity contribution in [1.82, 2.24) is 9.62 Å². The zero-order chi connectivity index (χ0) is 15.8. The second-order valence-corrected chi connectivity index (χ2v) is 7.17. The lowest BCUT2D eigenvalue weighted by Crippen LogP contribution is -2.40. The smallest absolute Gasteiger partial charge is 0.315 e. The van der Waals surface area contributed by atoms with Gasteiger partial charge in [-0.2, -0.15) is 17.5 Å². The van der Waals surface area contributed by atoms with Crippen molar-refractivity contribution in [2.24, 2.45) is 0 Å². The minimum Gasteiger partial charge on any atom is -0.315 e. The Morgan fingerprint density at radius 3 is 2.25 bits per heavy atom. The molecule has 0 saturated heterocycles. The van der Waals surface area contributed by atoms with Crippen LogP contribution in [0.25, 0.3) is 0 Å². The van der Waals surface area contributed by atoms with Gasteiger partial charge in [0.05, 0.1) is 5.75 Å². The van der Waals surface area contributed by atoms with Crippen molar-refractivity contribution in [2.45, 2.75) is 52.3 Å². The lowest BCUT2D eigenvalue weighted by molar-refractivity contribution is -0.136. The second kappa shape index (κ2) is 8.84. The van der Waals surface area contributed by atoms with Crippen LogP contribution in [0.4, 0.5) is 13.2 Å². The molecule has 0 saturated carbocycles. The lowest BCUT2D eigenvalue weighted by Gasteiger charge is -2.22. The van der Waals surface area contributed by atoms with Crippen molar-refractivity contribution in [3.05, 3.63) is 0 Å². The number of alkyl halides is 3. The molecule has 0 aromatic rings. The van der Waals surface area contributed by atoms with Crippen molar-refractivity contribution in [2.75, 3.05) is 25.4 Å². The lowest BCUT2D eigenvalue weighted by atomic mass is 10.3. The van der Waals surface area contributed by atoms with Crippen LogP contribution in [0.5, 0.6) is 0 Å². The highest BCUT2D eigenvalue weighted by molar-refractivity contribution is 7.89. The first-order valence-electron chi connectivity index (χ1n) is 6.86. The molecule has 20 heavy (non-hydrogen) atoms. The minimum atomic E-state index is -4.50. The first-order chi connectivity index (χ1) is 9.08. The van der Waals surface area contributed by atoms with Gasteiger partial charge in [0.15, 0.2) is 0 Å². The van der Waals surface area contributed by atoms with Crippen LogP contribution in [-0.2, 0) is 10.0 Å². The van der Waals surface area contributed by atoms with Gasteiger partial charge in [0.1, 0.15) is 6.54 Å². The maximum atomic E-state index is 12.4. The first kappa shape index (κ1) is 19.7. The number of halogens is 3. The summed E-state index contributed by atoms with van der Waals surface area (Å²) in [6.45, 7) is 4.79. The summed E-state index contributed by atoms with van der Waals surface area (Å²) in [5, 5.41) is 3.14. The number of sulfonamides is 1. The Balaban J connectivity index is 4.34. The maximum Gasteiger partial charge on any atom is 0.402 e. The van der Waals surface area contributed by atoms with Crippen LogP contribution in [0.15, 0.2) is 0 Å². The van der Waals surface area contributed by atoms with E-state index in [4.69, 9.17) is 0 Å². The fourth-order valence-corrected chi connectivity index (χ4v) is 3.33. The number of nitrogens with one attached hydrogen (secondary N) is 1. The fraction of sp³-hybridized carbons (Fsp3) is 1.00. The molecule has 0 aliphatic rings. The van der Waals surface area contributed by atoms with Crippen LogP contribution >= 0.6 is 0 Å². The van der Waals surface area contributed by atoms with Crippen LogP contribution < -0.4 is 5.32 Å². The van der Waals surface area contributed by atoms with Gasteiger partial charge in [-0.25, -0.2) is 8.42 Å². The molecule has 0 heterocycles. The second-order valence-electron chi connectivity index (χ2n) is 5.08. The van der Waals surface area contributed by atoms with E-state index in [1.165, 1.54) is 0 Å². The zero-order valence-corrected chi connectivity index (χ0v) is 13.1. The third-order valence-corrected chi connectivity index (χ3v) is 4.51. The summed E-state index contributed by atoms with van der Waals surface area (Å²) in [6.07, 6.45) is -3.14. The summed E-state index contributed by atoms with van der Waals surface area (Å²) >= 11 is 0. The van der Waals surface area contributed by atoms with E-state index in [-0.39, 0.29) is 12.3 Å². The van der Waals surface area contributed by atoms with Gasteiger partial charge in [-0.3, -0.25) is 0 Å². The van der Waals surface area contributed by atoms with Gasteiger partial charge < -0.3 is 5.32 Å². The highest BCUT2D eigenvalue weighted by atomic mass is 32.2. The van der Waals surface area contributed by atoms with E-state index in [1.54, 1.807) is 6.92 Å². The zero-order valence-electron chi connectivity index (χ0n) is 12.3. The Hall–Kier alpha value is -0.340. The molecular formula is C12H25F3N2O2S. The average molecular weight is 318 g/mol. The van der Waals surface area contributed by atoms with Crippen LogP contribution in [0, 0.1) is 0 Å². The molecule has 0 aliphatic heterocycles. The fourth-order valence-electron chi connectivity index (χ4n) is 1.70. The van der Waals surface area contributed by atoms with E-state index in [2.05, 4.69) is 5.32 Å². The van der Waals surface area contributed by atoms with Gasteiger partial charge in [-0.1, -0.05) is 20.8 Å². The first-order valence-corrected chi connectivity index (χ1v) is 8.47. The van der Waals surface area contributed by atoms with Crippen LogP contribution in [0.2, 0.25) is 0 Å². The van der Waals surface area contributed by atoms with Crippen molar-refractivity contribution >= 4 is 10.0 Å². The molecule has 8 heteroatoms. The predicted octanol–water partition coefficient (Wildman–Crippen LogP) is 2.37. The Kier molecular flexibility index (Phi) is 8.69. The molecule has 0 fully saturated rings. The van der Waals surface area contributed by atoms with Crippen molar-refractivity contribution in [1.29, 1.82) is 0 Å². The summed E-state index contributed by atoms with van der Waals surface area (Å²) in [5.74, 6) is -0.233. The molecule has 0 radical (unpaired) electrons. The molecular weight excluding hydrogens is 293 g/mol. The molecule has 4 nitrogen and oxygen atoms in total. The molecule has 0 bridgehead atoms. The highest BCUT2D eigenvalue weighted by Crippen LogP contribution is 2.19. The normalized spacial score (nSPS) is 13.4. The minimum absolute atomic E-state index is 0.0912. The van der Waals surface area contributed by atoms with E-state index < -0.39 is 22.7 Å². The van der Waals surface area contributed by atoms with E-state index in [1.807, 2.05) is 13.8 Å². The molecule has 0 aromatic carbocycles. The monoisotopic (exact) mass is 318 g/mol. The number of hydrogen-bond acceptors (Lipinski definition) is 3. The SMILES string of the molecule is CCCN(CC(F)(F)F)S(=O)(=O)CCCCNC(C)C. The highest BCUT2D eigenvalue weighted by Gasteiger charge is 2.35. The molecule has 0 spiro atoms. The van der Waals surface area contributed by atoms with Crippen LogP contribution in [-0.4, -0.2) is 50.3 Å². The Labute approximate surface area is 119 Å². The largest absolute Gasteiger partial charge is 0.402 e. The van der Waals surface area contributed by atoms with Gasteiger partial charge in [0, 0.05) is 12.6 Å². The Morgan fingerprint density at radius 1 is 1.20 bits per heavy atom.